The number of carbonyl (C=O) groups excluding carboxylic acids is 1. The number of benzene rings is 2. The van der Waals surface area contributed by atoms with Crippen LogP contribution in [0.15, 0.2) is 59.0 Å². The molecule has 0 spiro atoms. The fraction of sp³-hybridized carbons (Fsp3) is 0.0500. The van der Waals surface area contributed by atoms with Crippen LogP contribution in [0.1, 0.15) is 10.4 Å². The summed E-state index contributed by atoms with van der Waals surface area (Å²) >= 11 is 0. The third-order valence-electron chi connectivity index (χ3n) is 4.15. The largest absolute Gasteiger partial charge is 0.465 e. The molecule has 4 rings (SSSR count). The number of fused-ring (bicyclic) bond motifs is 1. The van der Waals surface area contributed by atoms with Gasteiger partial charge in [-0.15, -0.1) is 0 Å². The zero-order valence-corrected chi connectivity index (χ0v) is 13.7. The Balaban J connectivity index is 1.69. The number of hydrogen-bond acceptors (Lipinski definition) is 3. The van der Waals surface area contributed by atoms with Gasteiger partial charge in [0.2, 0.25) is 0 Å². The lowest BCUT2D eigenvalue weighted by Gasteiger charge is -2.01. The molecule has 0 aliphatic rings. The van der Waals surface area contributed by atoms with Gasteiger partial charge in [0.1, 0.15) is 5.82 Å². The van der Waals surface area contributed by atoms with Crippen molar-refractivity contribution in [2.24, 2.45) is 0 Å². The molecule has 2 aromatic heterocycles. The first-order valence-corrected chi connectivity index (χ1v) is 7.82. The van der Waals surface area contributed by atoms with Gasteiger partial charge in [0, 0.05) is 5.69 Å². The summed E-state index contributed by atoms with van der Waals surface area (Å²) in [4.78, 5) is 14.6. The molecule has 0 saturated carbocycles. The average Bonchev–Trinajstić information content (AvgIpc) is 3.32. The van der Waals surface area contributed by atoms with Crippen molar-refractivity contribution in [3.05, 3.63) is 71.8 Å². The molecular weight excluding hydrogens is 340 g/mol. The number of nitrogens with one attached hydrogen (secondary N) is 1. The minimum absolute atomic E-state index is 0.0959. The maximum atomic E-state index is 13.8. The van der Waals surface area contributed by atoms with Crippen LogP contribution in [0.25, 0.3) is 33.7 Å². The van der Waals surface area contributed by atoms with Crippen LogP contribution in [0, 0.1) is 11.6 Å². The Bertz CT molecular complexity index is 1070. The molecule has 6 heteroatoms. The molecule has 0 saturated heterocycles. The van der Waals surface area contributed by atoms with Gasteiger partial charge in [0.25, 0.3) is 0 Å². The van der Waals surface area contributed by atoms with Crippen molar-refractivity contribution in [2.75, 3.05) is 7.11 Å². The van der Waals surface area contributed by atoms with Crippen molar-refractivity contribution < 1.29 is 22.7 Å². The highest BCUT2D eigenvalue weighted by molar-refractivity contribution is 5.90. The number of esters is 1. The summed E-state index contributed by atoms with van der Waals surface area (Å²) in [6, 6.07) is 14.0. The topological polar surface area (TPSA) is 55.2 Å². The monoisotopic (exact) mass is 353 g/mol. The highest BCUT2D eigenvalue weighted by Gasteiger charge is 2.15. The molecule has 2 heterocycles. The number of aromatic amines is 1. The fourth-order valence-electron chi connectivity index (χ4n) is 2.80. The minimum atomic E-state index is -0.613. The Morgan fingerprint density at radius 3 is 2.35 bits per heavy atom. The third kappa shape index (κ3) is 2.65. The number of halogens is 2. The molecule has 26 heavy (non-hydrogen) atoms. The van der Waals surface area contributed by atoms with E-state index in [9.17, 15) is 13.6 Å². The SMILES string of the molecule is COC(=O)c1ccc(-c2ccc(-c3cc4c(F)ccc(F)c4o3)[nH]2)cc1. The van der Waals surface area contributed by atoms with Gasteiger partial charge in [-0.2, -0.15) is 0 Å². The van der Waals surface area contributed by atoms with Crippen molar-refractivity contribution >= 4 is 16.9 Å². The standard InChI is InChI=1S/C20H13F2NO3/c1-25-20(24)12-4-2-11(3-5-12)16-8-9-17(23-16)18-10-13-14(21)6-7-15(22)19(13)26-18/h2-10,23H,1H3. The van der Waals surface area contributed by atoms with Crippen LogP contribution in [0.3, 0.4) is 0 Å². The molecular formula is C20H13F2NO3. The highest BCUT2D eigenvalue weighted by Crippen LogP contribution is 2.32. The summed E-state index contributed by atoms with van der Waals surface area (Å²) in [6.07, 6.45) is 0. The molecule has 4 aromatic rings. The van der Waals surface area contributed by atoms with Crippen LogP contribution in [0.5, 0.6) is 0 Å². The van der Waals surface area contributed by atoms with Crippen molar-refractivity contribution in [1.82, 2.24) is 4.98 Å². The summed E-state index contributed by atoms with van der Waals surface area (Å²) in [7, 11) is 1.33. The number of methoxy groups -OCH3 is 1. The predicted octanol–water partition coefficient (Wildman–Crippen LogP) is 5.16. The van der Waals surface area contributed by atoms with E-state index in [2.05, 4.69) is 9.72 Å². The molecule has 4 nitrogen and oxygen atoms in total. The molecule has 0 aliphatic heterocycles. The molecule has 0 bridgehead atoms. The Hall–Kier alpha value is -3.41. The number of hydrogen-bond donors (Lipinski definition) is 1. The van der Waals surface area contributed by atoms with Crippen molar-refractivity contribution in [3.8, 4) is 22.7 Å². The Labute approximate surface area is 147 Å². The van der Waals surface area contributed by atoms with E-state index < -0.39 is 17.6 Å². The van der Waals surface area contributed by atoms with Gasteiger partial charge in [-0.05, 0) is 48.0 Å². The molecule has 0 unspecified atom stereocenters. The number of aromatic nitrogens is 1. The maximum absolute atomic E-state index is 13.8. The Morgan fingerprint density at radius 1 is 0.962 bits per heavy atom. The van der Waals surface area contributed by atoms with Gasteiger partial charge in [-0.1, -0.05) is 12.1 Å². The van der Waals surface area contributed by atoms with Crippen LogP contribution in [0.2, 0.25) is 0 Å². The van der Waals surface area contributed by atoms with Crippen molar-refractivity contribution in [3.63, 3.8) is 0 Å². The lowest BCUT2D eigenvalue weighted by atomic mass is 10.1. The van der Waals surface area contributed by atoms with Crippen LogP contribution in [-0.4, -0.2) is 18.1 Å². The molecule has 0 atom stereocenters. The van der Waals surface area contributed by atoms with Crippen LogP contribution >= 0.6 is 0 Å². The summed E-state index contributed by atoms with van der Waals surface area (Å²) in [5, 5.41) is 0.0959. The molecule has 2 aromatic carbocycles. The van der Waals surface area contributed by atoms with E-state index in [-0.39, 0.29) is 11.0 Å². The van der Waals surface area contributed by atoms with Crippen LogP contribution in [-0.2, 0) is 4.74 Å². The Kier molecular flexibility index (Phi) is 3.80. The van der Waals surface area contributed by atoms with E-state index in [0.717, 1.165) is 23.4 Å². The van der Waals surface area contributed by atoms with Gasteiger partial charge in [-0.3, -0.25) is 0 Å². The number of ether oxygens (including phenoxy) is 1. The van der Waals surface area contributed by atoms with Crippen molar-refractivity contribution in [1.29, 1.82) is 0 Å². The number of H-pyrrole nitrogens is 1. The number of rotatable bonds is 3. The molecule has 0 aliphatic carbocycles. The summed E-state index contributed by atoms with van der Waals surface area (Å²) in [5.41, 5.74) is 2.55. The average molecular weight is 353 g/mol. The lowest BCUT2D eigenvalue weighted by Crippen LogP contribution is -2.00. The first-order valence-electron chi connectivity index (χ1n) is 7.82. The lowest BCUT2D eigenvalue weighted by molar-refractivity contribution is 0.0600. The first kappa shape index (κ1) is 16.1. The van der Waals surface area contributed by atoms with Gasteiger partial charge >= 0.3 is 5.97 Å². The van der Waals surface area contributed by atoms with Gasteiger partial charge in [-0.25, -0.2) is 13.6 Å². The quantitative estimate of drug-likeness (QED) is 0.518. The van der Waals surface area contributed by atoms with Crippen LogP contribution in [0.4, 0.5) is 8.78 Å². The first-order chi connectivity index (χ1) is 12.6. The summed E-state index contributed by atoms with van der Waals surface area (Å²) < 4.78 is 37.8. The summed E-state index contributed by atoms with van der Waals surface area (Å²) in [5.74, 6) is -1.23. The third-order valence-corrected chi connectivity index (χ3v) is 4.15. The van der Waals surface area contributed by atoms with Crippen LogP contribution < -0.4 is 0 Å². The predicted molar refractivity (Wildman–Crippen MR) is 92.7 cm³/mol. The second-order valence-corrected chi connectivity index (χ2v) is 5.74. The summed E-state index contributed by atoms with van der Waals surface area (Å²) in [6.45, 7) is 0. The van der Waals surface area contributed by atoms with Gasteiger partial charge in [0.15, 0.2) is 17.2 Å². The van der Waals surface area contributed by atoms with E-state index in [0.29, 0.717) is 17.0 Å². The zero-order chi connectivity index (χ0) is 18.3. The van der Waals surface area contributed by atoms with E-state index in [1.807, 2.05) is 6.07 Å². The van der Waals surface area contributed by atoms with E-state index in [4.69, 9.17) is 4.42 Å². The van der Waals surface area contributed by atoms with Gasteiger partial charge in [0.05, 0.1) is 23.8 Å². The van der Waals surface area contributed by atoms with Gasteiger partial charge < -0.3 is 14.1 Å². The van der Waals surface area contributed by atoms with E-state index >= 15 is 0 Å². The number of furan rings is 1. The second kappa shape index (κ2) is 6.15. The molecule has 1 N–H and O–H groups in total. The number of carbonyl (C=O) groups is 1. The maximum Gasteiger partial charge on any atom is 0.337 e. The normalized spacial score (nSPS) is 11.0. The van der Waals surface area contributed by atoms with Crippen molar-refractivity contribution in [2.45, 2.75) is 0 Å². The van der Waals surface area contributed by atoms with E-state index in [1.54, 1.807) is 30.3 Å². The second-order valence-electron chi connectivity index (χ2n) is 5.74. The van der Waals surface area contributed by atoms with E-state index in [1.165, 1.54) is 13.2 Å². The smallest absolute Gasteiger partial charge is 0.337 e. The molecule has 0 radical (unpaired) electrons. The molecule has 0 amide bonds. The Morgan fingerprint density at radius 2 is 1.65 bits per heavy atom. The fourth-order valence-corrected chi connectivity index (χ4v) is 2.80. The molecule has 0 fully saturated rings. The zero-order valence-electron chi connectivity index (χ0n) is 13.7. The molecule has 130 valence electrons. The minimum Gasteiger partial charge on any atom is -0.465 e. The highest BCUT2D eigenvalue weighted by atomic mass is 19.1.